The van der Waals surface area contributed by atoms with Crippen molar-refractivity contribution in [1.29, 1.82) is 0 Å². The second kappa shape index (κ2) is 6.15. The molecule has 0 spiro atoms. The van der Waals surface area contributed by atoms with E-state index in [0.717, 1.165) is 11.1 Å². The number of carbonyl (C=O) groups excluding carboxylic acids is 1. The van der Waals surface area contributed by atoms with Crippen LogP contribution in [0.25, 0.3) is 0 Å². The standard InChI is InChI=1S/C14H18N4O/c1-15-13(12-9-17-18(2)10-12)14(19)16-8-11-6-4-3-5-7-11/h3-7,9-10,13,15H,8H2,1-2H3,(H,16,19). The molecule has 0 fully saturated rings. The van der Waals surface area contributed by atoms with Gasteiger partial charge in [0.15, 0.2) is 0 Å². The molecule has 2 aromatic rings. The molecule has 0 aliphatic carbocycles. The number of aromatic nitrogens is 2. The Morgan fingerprint density at radius 1 is 1.37 bits per heavy atom. The third kappa shape index (κ3) is 3.42. The Balaban J connectivity index is 1.98. The van der Waals surface area contributed by atoms with Crippen LogP contribution in [0.2, 0.25) is 0 Å². The van der Waals surface area contributed by atoms with Gasteiger partial charge in [0.05, 0.1) is 6.20 Å². The predicted molar refractivity (Wildman–Crippen MR) is 73.3 cm³/mol. The highest BCUT2D eigenvalue weighted by Crippen LogP contribution is 2.11. The zero-order chi connectivity index (χ0) is 13.7. The largest absolute Gasteiger partial charge is 0.350 e. The Kier molecular flexibility index (Phi) is 4.30. The zero-order valence-electron chi connectivity index (χ0n) is 11.1. The maximum Gasteiger partial charge on any atom is 0.242 e. The average Bonchev–Trinajstić information content (AvgIpc) is 2.85. The lowest BCUT2D eigenvalue weighted by atomic mass is 10.1. The van der Waals surface area contributed by atoms with Crippen molar-refractivity contribution in [2.75, 3.05) is 7.05 Å². The third-order valence-corrected chi connectivity index (χ3v) is 2.92. The van der Waals surface area contributed by atoms with Crippen LogP contribution in [0.1, 0.15) is 17.2 Å². The van der Waals surface area contributed by atoms with Crippen molar-refractivity contribution in [2.24, 2.45) is 7.05 Å². The molecular formula is C14H18N4O. The molecule has 0 saturated carbocycles. The summed E-state index contributed by atoms with van der Waals surface area (Å²) in [7, 11) is 3.60. The van der Waals surface area contributed by atoms with Gasteiger partial charge in [-0.25, -0.2) is 0 Å². The van der Waals surface area contributed by atoms with Gasteiger partial charge >= 0.3 is 0 Å². The number of nitrogens with one attached hydrogen (secondary N) is 2. The molecule has 2 rings (SSSR count). The van der Waals surface area contributed by atoms with Gasteiger partial charge in [-0.05, 0) is 12.6 Å². The van der Waals surface area contributed by atoms with E-state index in [1.807, 2.05) is 43.6 Å². The van der Waals surface area contributed by atoms with E-state index in [-0.39, 0.29) is 11.9 Å². The van der Waals surface area contributed by atoms with Gasteiger partial charge in [-0.1, -0.05) is 30.3 Å². The molecule has 2 N–H and O–H groups in total. The maximum atomic E-state index is 12.1. The number of hydrogen-bond donors (Lipinski definition) is 2. The van der Waals surface area contributed by atoms with Crippen molar-refractivity contribution < 1.29 is 4.79 Å². The van der Waals surface area contributed by atoms with E-state index >= 15 is 0 Å². The van der Waals surface area contributed by atoms with Crippen LogP contribution < -0.4 is 10.6 Å². The van der Waals surface area contributed by atoms with Gasteiger partial charge in [-0.2, -0.15) is 5.10 Å². The second-order valence-electron chi connectivity index (χ2n) is 4.37. The molecule has 0 saturated heterocycles. The van der Waals surface area contributed by atoms with Crippen LogP contribution in [0, 0.1) is 0 Å². The number of hydrogen-bond acceptors (Lipinski definition) is 3. The minimum Gasteiger partial charge on any atom is -0.350 e. The first-order valence-corrected chi connectivity index (χ1v) is 6.18. The Hall–Kier alpha value is -2.14. The lowest BCUT2D eigenvalue weighted by Gasteiger charge is -2.14. The van der Waals surface area contributed by atoms with Crippen molar-refractivity contribution >= 4 is 5.91 Å². The van der Waals surface area contributed by atoms with Crippen LogP contribution >= 0.6 is 0 Å². The highest BCUT2D eigenvalue weighted by molar-refractivity contribution is 5.82. The molecule has 1 atom stereocenters. The van der Waals surface area contributed by atoms with Crippen LogP contribution in [0.3, 0.4) is 0 Å². The molecule has 0 bridgehead atoms. The summed E-state index contributed by atoms with van der Waals surface area (Å²) in [6, 6.07) is 9.46. The summed E-state index contributed by atoms with van der Waals surface area (Å²) in [5.74, 6) is -0.0562. The van der Waals surface area contributed by atoms with E-state index in [1.54, 1.807) is 17.9 Å². The van der Waals surface area contributed by atoms with Crippen molar-refractivity contribution in [2.45, 2.75) is 12.6 Å². The van der Waals surface area contributed by atoms with Crippen molar-refractivity contribution in [3.05, 3.63) is 53.9 Å². The summed E-state index contributed by atoms with van der Waals surface area (Å²) >= 11 is 0. The monoisotopic (exact) mass is 258 g/mol. The number of carbonyl (C=O) groups is 1. The highest BCUT2D eigenvalue weighted by atomic mass is 16.2. The molecule has 1 aromatic carbocycles. The minimum absolute atomic E-state index is 0.0562. The van der Waals surface area contributed by atoms with E-state index in [1.165, 1.54) is 0 Å². The van der Waals surface area contributed by atoms with Gasteiger partial charge in [-0.15, -0.1) is 0 Å². The van der Waals surface area contributed by atoms with Gasteiger partial charge in [0.1, 0.15) is 6.04 Å². The molecule has 0 aliphatic heterocycles. The van der Waals surface area contributed by atoms with Gasteiger partial charge < -0.3 is 10.6 Å². The molecule has 0 aliphatic rings. The molecular weight excluding hydrogens is 240 g/mol. The molecule has 0 radical (unpaired) electrons. The first kappa shape index (κ1) is 13.3. The fraction of sp³-hybridized carbons (Fsp3) is 0.286. The quantitative estimate of drug-likeness (QED) is 0.841. The lowest BCUT2D eigenvalue weighted by Crippen LogP contribution is -2.35. The minimum atomic E-state index is -0.377. The van der Waals surface area contributed by atoms with Gasteiger partial charge in [0, 0.05) is 25.4 Å². The van der Waals surface area contributed by atoms with Crippen LogP contribution in [-0.4, -0.2) is 22.7 Å². The zero-order valence-corrected chi connectivity index (χ0v) is 11.1. The van der Waals surface area contributed by atoms with Gasteiger partial charge in [-0.3, -0.25) is 9.48 Å². The fourth-order valence-electron chi connectivity index (χ4n) is 1.93. The number of aryl methyl sites for hydroxylation is 1. The smallest absolute Gasteiger partial charge is 0.242 e. The molecule has 1 unspecified atom stereocenters. The van der Waals surface area contributed by atoms with Crippen molar-refractivity contribution in [3.63, 3.8) is 0 Å². The Morgan fingerprint density at radius 3 is 2.68 bits per heavy atom. The van der Waals surface area contributed by atoms with E-state index < -0.39 is 0 Å². The van der Waals surface area contributed by atoms with Crippen LogP contribution in [0.4, 0.5) is 0 Å². The number of likely N-dealkylation sites (N-methyl/N-ethyl adjacent to an activating group) is 1. The summed E-state index contributed by atoms with van der Waals surface area (Å²) in [6.45, 7) is 0.526. The Bertz CT molecular complexity index is 535. The number of rotatable bonds is 5. The summed E-state index contributed by atoms with van der Waals surface area (Å²) < 4.78 is 1.68. The second-order valence-corrected chi connectivity index (χ2v) is 4.37. The van der Waals surface area contributed by atoms with Crippen LogP contribution in [-0.2, 0) is 18.4 Å². The maximum absolute atomic E-state index is 12.1. The van der Waals surface area contributed by atoms with Gasteiger partial charge in [0.25, 0.3) is 0 Å². The topological polar surface area (TPSA) is 59.0 Å². The number of nitrogens with zero attached hydrogens (tertiary/aromatic N) is 2. The highest BCUT2D eigenvalue weighted by Gasteiger charge is 2.19. The van der Waals surface area contributed by atoms with Crippen molar-refractivity contribution in [3.8, 4) is 0 Å². The molecule has 1 heterocycles. The summed E-state index contributed by atoms with van der Waals surface area (Å²) in [4.78, 5) is 12.1. The summed E-state index contributed by atoms with van der Waals surface area (Å²) in [5.41, 5.74) is 1.94. The molecule has 5 heteroatoms. The average molecular weight is 258 g/mol. The van der Waals surface area contributed by atoms with E-state index in [9.17, 15) is 4.79 Å². The molecule has 100 valence electrons. The number of amides is 1. The molecule has 5 nitrogen and oxygen atoms in total. The first-order valence-electron chi connectivity index (χ1n) is 6.18. The van der Waals surface area contributed by atoms with Crippen LogP contribution in [0.15, 0.2) is 42.7 Å². The van der Waals surface area contributed by atoms with E-state index in [4.69, 9.17) is 0 Å². The third-order valence-electron chi connectivity index (χ3n) is 2.92. The fourth-order valence-corrected chi connectivity index (χ4v) is 1.93. The first-order chi connectivity index (χ1) is 9.20. The molecule has 1 amide bonds. The molecule has 19 heavy (non-hydrogen) atoms. The predicted octanol–water partition coefficient (Wildman–Crippen LogP) is 0.997. The Labute approximate surface area is 112 Å². The SMILES string of the molecule is CNC(C(=O)NCc1ccccc1)c1cnn(C)c1. The van der Waals surface area contributed by atoms with E-state index in [2.05, 4.69) is 15.7 Å². The van der Waals surface area contributed by atoms with Gasteiger partial charge in [0.2, 0.25) is 5.91 Å². The lowest BCUT2D eigenvalue weighted by molar-refractivity contribution is -0.123. The number of benzene rings is 1. The Morgan fingerprint density at radius 2 is 2.11 bits per heavy atom. The summed E-state index contributed by atoms with van der Waals surface area (Å²) in [5, 5.41) is 10.0. The van der Waals surface area contributed by atoms with Crippen LogP contribution in [0.5, 0.6) is 0 Å². The molecule has 1 aromatic heterocycles. The van der Waals surface area contributed by atoms with E-state index in [0.29, 0.717) is 6.54 Å². The van der Waals surface area contributed by atoms with Crippen molar-refractivity contribution in [1.82, 2.24) is 20.4 Å². The summed E-state index contributed by atoms with van der Waals surface area (Å²) in [6.07, 6.45) is 3.53. The normalized spacial score (nSPS) is 12.1.